The molecule has 2 aliphatic carbocycles. The average molecular weight is 398 g/mol. The van der Waals surface area contributed by atoms with Gasteiger partial charge in [-0.05, 0) is 51.4 Å². The molecule has 0 saturated heterocycles. The minimum atomic E-state index is -0.924. The molecule has 2 saturated carbocycles. The van der Waals surface area contributed by atoms with Crippen LogP contribution in [0.1, 0.15) is 51.4 Å². The molecule has 28 heavy (non-hydrogen) atoms. The number of rotatable bonds is 7. The quantitative estimate of drug-likeness (QED) is 0.298. The van der Waals surface area contributed by atoms with Crippen molar-refractivity contribution in [2.75, 3.05) is 6.79 Å². The van der Waals surface area contributed by atoms with E-state index in [1.54, 1.807) is 0 Å². The van der Waals surface area contributed by atoms with Gasteiger partial charge in [-0.15, -0.1) is 0 Å². The Morgan fingerprint density at radius 2 is 1.36 bits per heavy atom. The van der Waals surface area contributed by atoms with Crippen LogP contribution in [-0.2, 0) is 33.3 Å². The van der Waals surface area contributed by atoms with Crippen molar-refractivity contribution in [2.24, 2.45) is 11.8 Å². The molecule has 0 aromatic rings. The molecular formula is C19H26O9. The van der Waals surface area contributed by atoms with Crippen molar-refractivity contribution < 1.29 is 43.2 Å². The first-order valence-corrected chi connectivity index (χ1v) is 9.45. The van der Waals surface area contributed by atoms with E-state index in [4.69, 9.17) is 14.6 Å². The molecule has 0 amide bonds. The topological polar surface area (TPSA) is 125 Å². The van der Waals surface area contributed by atoms with Crippen molar-refractivity contribution in [3.05, 3.63) is 12.7 Å². The maximum Gasteiger partial charge on any atom is 0.511 e. The maximum atomic E-state index is 12.3. The van der Waals surface area contributed by atoms with Gasteiger partial charge in [0.1, 0.15) is 12.2 Å². The second-order valence-corrected chi connectivity index (χ2v) is 7.02. The zero-order valence-corrected chi connectivity index (χ0v) is 15.7. The van der Waals surface area contributed by atoms with Gasteiger partial charge in [0, 0.05) is 6.08 Å². The Balaban J connectivity index is 1.62. The van der Waals surface area contributed by atoms with Gasteiger partial charge in [-0.25, -0.2) is 9.59 Å². The van der Waals surface area contributed by atoms with E-state index in [1.165, 1.54) is 0 Å². The van der Waals surface area contributed by atoms with Crippen LogP contribution in [0.15, 0.2) is 12.7 Å². The third-order valence-corrected chi connectivity index (χ3v) is 5.12. The lowest BCUT2D eigenvalue weighted by Gasteiger charge is -2.30. The van der Waals surface area contributed by atoms with Gasteiger partial charge in [-0.1, -0.05) is 6.58 Å². The predicted molar refractivity (Wildman–Crippen MR) is 93.9 cm³/mol. The van der Waals surface area contributed by atoms with Crippen LogP contribution < -0.4 is 0 Å². The Bertz CT molecular complexity index is 584. The second kappa shape index (κ2) is 10.7. The Morgan fingerprint density at radius 3 is 1.89 bits per heavy atom. The Labute approximate surface area is 163 Å². The molecule has 2 fully saturated rings. The summed E-state index contributed by atoms with van der Waals surface area (Å²) in [4.78, 5) is 45.6. The van der Waals surface area contributed by atoms with Crippen molar-refractivity contribution in [3.63, 3.8) is 0 Å². The van der Waals surface area contributed by atoms with Crippen LogP contribution >= 0.6 is 0 Å². The zero-order chi connectivity index (χ0) is 20.5. The minimum Gasteiger partial charge on any atom is -0.481 e. The monoisotopic (exact) mass is 398 g/mol. The average Bonchev–Trinajstić information content (AvgIpc) is 2.69. The maximum absolute atomic E-state index is 12.3. The van der Waals surface area contributed by atoms with Gasteiger partial charge < -0.3 is 24.1 Å². The van der Waals surface area contributed by atoms with Gasteiger partial charge in [-0.3, -0.25) is 9.59 Å². The minimum absolute atomic E-state index is 0.228. The van der Waals surface area contributed by atoms with E-state index >= 15 is 0 Å². The van der Waals surface area contributed by atoms with E-state index in [1.807, 2.05) is 0 Å². The summed E-state index contributed by atoms with van der Waals surface area (Å²) < 4.78 is 19.8. The van der Waals surface area contributed by atoms with Crippen molar-refractivity contribution in [1.82, 2.24) is 0 Å². The molecule has 0 heterocycles. The van der Waals surface area contributed by atoms with E-state index in [0.717, 1.165) is 6.08 Å². The van der Waals surface area contributed by atoms with Crippen LogP contribution in [-0.4, -0.2) is 48.2 Å². The zero-order valence-electron chi connectivity index (χ0n) is 15.7. The lowest BCUT2D eigenvalue weighted by atomic mass is 9.82. The molecule has 9 nitrogen and oxygen atoms in total. The summed E-state index contributed by atoms with van der Waals surface area (Å²) in [6, 6.07) is 0. The third kappa shape index (κ3) is 6.86. The Hall–Kier alpha value is -2.58. The molecule has 156 valence electrons. The Kier molecular flexibility index (Phi) is 8.28. The van der Waals surface area contributed by atoms with Gasteiger partial charge >= 0.3 is 24.1 Å². The molecule has 1 N–H and O–H groups in total. The van der Waals surface area contributed by atoms with E-state index in [9.17, 15) is 19.2 Å². The number of hydrogen-bond donors (Lipinski definition) is 1. The molecule has 0 aromatic carbocycles. The molecule has 0 atom stereocenters. The highest BCUT2D eigenvalue weighted by molar-refractivity contribution is 5.81. The van der Waals surface area contributed by atoms with Crippen LogP contribution in [0.5, 0.6) is 0 Å². The van der Waals surface area contributed by atoms with Crippen molar-refractivity contribution in [3.8, 4) is 0 Å². The first-order chi connectivity index (χ1) is 13.4. The van der Waals surface area contributed by atoms with E-state index in [-0.39, 0.29) is 30.0 Å². The summed E-state index contributed by atoms with van der Waals surface area (Å²) in [7, 11) is 0. The van der Waals surface area contributed by atoms with Crippen molar-refractivity contribution in [2.45, 2.75) is 63.6 Å². The van der Waals surface area contributed by atoms with Crippen LogP contribution in [0.3, 0.4) is 0 Å². The highest BCUT2D eigenvalue weighted by Crippen LogP contribution is 2.31. The van der Waals surface area contributed by atoms with E-state index < -0.39 is 24.9 Å². The van der Waals surface area contributed by atoms with Crippen molar-refractivity contribution >= 4 is 24.1 Å². The van der Waals surface area contributed by atoms with Gasteiger partial charge in [0.15, 0.2) is 0 Å². The lowest BCUT2D eigenvalue weighted by molar-refractivity contribution is -0.160. The number of aliphatic carboxylic acids is 1. The highest BCUT2D eigenvalue weighted by atomic mass is 16.8. The number of carboxylic acids is 1. The fraction of sp³-hybridized carbons (Fsp3) is 0.684. The van der Waals surface area contributed by atoms with Crippen LogP contribution in [0.25, 0.3) is 0 Å². The summed E-state index contributed by atoms with van der Waals surface area (Å²) >= 11 is 0. The molecule has 0 bridgehead atoms. The first kappa shape index (κ1) is 21.7. The number of carbonyl (C=O) groups excluding carboxylic acids is 3. The first-order valence-electron chi connectivity index (χ1n) is 9.45. The predicted octanol–water partition coefficient (Wildman–Crippen LogP) is 2.57. The number of carboxylic acid groups (broad SMARTS) is 1. The highest BCUT2D eigenvalue weighted by Gasteiger charge is 2.33. The Morgan fingerprint density at radius 1 is 0.821 bits per heavy atom. The van der Waals surface area contributed by atoms with Crippen LogP contribution in [0.4, 0.5) is 4.79 Å². The van der Waals surface area contributed by atoms with Gasteiger partial charge in [0.05, 0.1) is 11.8 Å². The second-order valence-electron chi connectivity index (χ2n) is 7.02. The third-order valence-electron chi connectivity index (χ3n) is 5.12. The number of carbonyl (C=O) groups is 4. The SMILES string of the molecule is C=CC(=O)OCOC(=O)OC1CCC(OC(=O)C2CCC(C(=O)O)CC2)CC1. The molecule has 9 heteroatoms. The standard InChI is InChI=1S/C19H26O9/c1-2-16(20)25-11-26-19(24)28-15-9-7-14(8-10-15)27-18(23)13-5-3-12(4-6-13)17(21)22/h2,12-15H,1,3-11H2,(H,21,22). The molecule has 2 aliphatic rings. The number of esters is 2. The number of hydrogen-bond acceptors (Lipinski definition) is 8. The normalized spacial score (nSPS) is 27.1. The smallest absolute Gasteiger partial charge is 0.481 e. The summed E-state index contributed by atoms with van der Waals surface area (Å²) in [5, 5.41) is 9.01. The molecule has 0 aromatic heterocycles. The fourth-order valence-electron chi connectivity index (χ4n) is 3.47. The molecule has 0 radical (unpaired) electrons. The van der Waals surface area contributed by atoms with Gasteiger partial charge in [-0.2, -0.15) is 0 Å². The largest absolute Gasteiger partial charge is 0.511 e. The molecule has 0 unspecified atom stereocenters. The summed E-state index contributed by atoms with van der Waals surface area (Å²) in [5.74, 6) is -2.37. The van der Waals surface area contributed by atoms with Crippen molar-refractivity contribution in [1.29, 1.82) is 0 Å². The van der Waals surface area contributed by atoms with Gasteiger partial charge in [0.2, 0.25) is 6.79 Å². The van der Waals surface area contributed by atoms with Crippen LogP contribution in [0, 0.1) is 11.8 Å². The van der Waals surface area contributed by atoms with E-state index in [0.29, 0.717) is 51.4 Å². The van der Waals surface area contributed by atoms with Gasteiger partial charge in [0.25, 0.3) is 0 Å². The number of ether oxygens (including phenoxy) is 4. The van der Waals surface area contributed by atoms with E-state index in [2.05, 4.69) is 16.1 Å². The molecule has 0 aliphatic heterocycles. The summed E-state index contributed by atoms with van der Waals surface area (Å²) in [6.45, 7) is 2.67. The molecular weight excluding hydrogens is 372 g/mol. The fourth-order valence-corrected chi connectivity index (χ4v) is 3.47. The lowest BCUT2D eigenvalue weighted by Crippen LogP contribution is -2.33. The van der Waals surface area contributed by atoms with Crippen LogP contribution in [0.2, 0.25) is 0 Å². The molecule has 0 spiro atoms. The summed E-state index contributed by atoms with van der Waals surface area (Å²) in [5.41, 5.74) is 0. The summed E-state index contributed by atoms with van der Waals surface area (Å²) in [6.07, 6.45) is 3.74. The molecule has 2 rings (SSSR count).